The van der Waals surface area contributed by atoms with Crippen LogP contribution in [-0.4, -0.2) is 13.7 Å². The fourth-order valence-electron chi connectivity index (χ4n) is 2.10. The van der Waals surface area contributed by atoms with Crippen molar-refractivity contribution >= 4 is 15.9 Å². The Kier molecular flexibility index (Phi) is 6.08. The van der Waals surface area contributed by atoms with E-state index in [1.807, 2.05) is 31.2 Å². The van der Waals surface area contributed by atoms with Crippen LogP contribution in [0.2, 0.25) is 0 Å². The topological polar surface area (TPSA) is 30.5 Å². The van der Waals surface area contributed by atoms with Crippen molar-refractivity contribution in [3.8, 4) is 11.5 Å². The Morgan fingerprint density at radius 1 is 1.00 bits per heavy atom. The maximum atomic E-state index is 5.59. The van der Waals surface area contributed by atoms with Crippen LogP contribution in [0.5, 0.6) is 11.5 Å². The third-order valence-electron chi connectivity index (χ3n) is 3.08. The molecule has 3 nitrogen and oxygen atoms in total. The van der Waals surface area contributed by atoms with Gasteiger partial charge in [0.1, 0.15) is 0 Å². The zero-order valence-electron chi connectivity index (χ0n) is 12.4. The Labute approximate surface area is 134 Å². The van der Waals surface area contributed by atoms with Gasteiger partial charge in [0.25, 0.3) is 0 Å². The standard InChI is InChI=1S/C17H20BrNO2/c1-3-21-17-10-14(7-8-16(17)20-2)12-19-11-13-5-4-6-15(18)9-13/h4-10,19H,3,11-12H2,1-2H3. The van der Waals surface area contributed by atoms with Crippen molar-refractivity contribution in [1.29, 1.82) is 0 Å². The van der Waals surface area contributed by atoms with Gasteiger partial charge >= 0.3 is 0 Å². The molecule has 0 bridgehead atoms. The Morgan fingerprint density at radius 2 is 1.76 bits per heavy atom. The number of hydrogen-bond donors (Lipinski definition) is 1. The Morgan fingerprint density at radius 3 is 2.43 bits per heavy atom. The van der Waals surface area contributed by atoms with E-state index in [1.54, 1.807) is 7.11 Å². The normalized spacial score (nSPS) is 10.4. The highest BCUT2D eigenvalue weighted by Gasteiger charge is 2.05. The van der Waals surface area contributed by atoms with Crippen molar-refractivity contribution in [3.05, 3.63) is 58.1 Å². The van der Waals surface area contributed by atoms with Gasteiger partial charge < -0.3 is 14.8 Å². The van der Waals surface area contributed by atoms with Gasteiger partial charge in [0.2, 0.25) is 0 Å². The summed E-state index contributed by atoms with van der Waals surface area (Å²) in [4.78, 5) is 0. The SMILES string of the molecule is CCOc1cc(CNCc2cccc(Br)c2)ccc1OC. The van der Waals surface area contributed by atoms with Gasteiger partial charge in [-0.15, -0.1) is 0 Å². The highest BCUT2D eigenvalue weighted by Crippen LogP contribution is 2.28. The molecule has 2 rings (SSSR count). The van der Waals surface area contributed by atoms with Gasteiger partial charge in [-0.3, -0.25) is 0 Å². The molecule has 2 aromatic rings. The quantitative estimate of drug-likeness (QED) is 0.814. The van der Waals surface area contributed by atoms with Crippen molar-refractivity contribution in [2.45, 2.75) is 20.0 Å². The summed E-state index contributed by atoms with van der Waals surface area (Å²) >= 11 is 3.48. The van der Waals surface area contributed by atoms with E-state index >= 15 is 0 Å². The van der Waals surface area contributed by atoms with Crippen LogP contribution < -0.4 is 14.8 Å². The lowest BCUT2D eigenvalue weighted by atomic mass is 10.2. The van der Waals surface area contributed by atoms with Gasteiger partial charge in [0.05, 0.1) is 13.7 Å². The molecule has 0 atom stereocenters. The highest BCUT2D eigenvalue weighted by molar-refractivity contribution is 9.10. The third kappa shape index (κ3) is 4.76. The molecule has 0 amide bonds. The maximum Gasteiger partial charge on any atom is 0.161 e. The van der Waals surface area contributed by atoms with Gasteiger partial charge in [-0.2, -0.15) is 0 Å². The molecule has 2 aromatic carbocycles. The first kappa shape index (κ1) is 15.9. The molecule has 0 spiro atoms. The summed E-state index contributed by atoms with van der Waals surface area (Å²) in [5.74, 6) is 1.56. The fourth-order valence-corrected chi connectivity index (χ4v) is 2.54. The summed E-state index contributed by atoms with van der Waals surface area (Å²) in [5, 5.41) is 3.43. The summed E-state index contributed by atoms with van der Waals surface area (Å²) in [6.45, 7) is 4.22. The zero-order valence-corrected chi connectivity index (χ0v) is 13.9. The number of methoxy groups -OCH3 is 1. The predicted octanol–water partition coefficient (Wildman–Crippen LogP) is 4.15. The van der Waals surface area contributed by atoms with E-state index in [9.17, 15) is 0 Å². The van der Waals surface area contributed by atoms with Crippen molar-refractivity contribution < 1.29 is 9.47 Å². The van der Waals surface area contributed by atoms with E-state index in [1.165, 1.54) is 11.1 Å². The molecular formula is C17H20BrNO2. The van der Waals surface area contributed by atoms with E-state index in [-0.39, 0.29) is 0 Å². The minimum Gasteiger partial charge on any atom is -0.493 e. The van der Waals surface area contributed by atoms with Crippen molar-refractivity contribution in [2.75, 3.05) is 13.7 Å². The molecule has 112 valence electrons. The van der Waals surface area contributed by atoms with Crippen LogP contribution in [0.4, 0.5) is 0 Å². The molecule has 0 aliphatic rings. The molecule has 0 aromatic heterocycles. The van der Waals surface area contributed by atoms with E-state index in [4.69, 9.17) is 9.47 Å². The predicted molar refractivity (Wildman–Crippen MR) is 88.8 cm³/mol. The molecule has 0 radical (unpaired) electrons. The van der Waals surface area contributed by atoms with Gasteiger partial charge in [-0.05, 0) is 42.3 Å². The first-order chi connectivity index (χ1) is 10.2. The van der Waals surface area contributed by atoms with Crippen LogP contribution in [-0.2, 0) is 13.1 Å². The highest BCUT2D eigenvalue weighted by atomic mass is 79.9. The molecule has 0 saturated heterocycles. The molecule has 4 heteroatoms. The minimum absolute atomic E-state index is 0.630. The number of halogens is 1. The van der Waals surface area contributed by atoms with Gasteiger partial charge in [-0.1, -0.05) is 34.1 Å². The van der Waals surface area contributed by atoms with Crippen LogP contribution in [0, 0.1) is 0 Å². The number of ether oxygens (including phenoxy) is 2. The largest absolute Gasteiger partial charge is 0.493 e. The van der Waals surface area contributed by atoms with Crippen LogP contribution in [0.3, 0.4) is 0 Å². The third-order valence-corrected chi connectivity index (χ3v) is 3.57. The lowest BCUT2D eigenvalue weighted by Crippen LogP contribution is -2.12. The van der Waals surface area contributed by atoms with Gasteiger partial charge in [-0.25, -0.2) is 0 Å². The number of rotatable bonds is 7. The maximum absolute atomic E-state index is 5.59. The van der Waals surface area contributed by atoms with E-state index < -0.39 is 0 Å². The Bertz CT molecular complexity index is 587. The molecule has 0 saturated carbocycles. The van der Waals surface area contributed by atoms with Gasteiger partial charge in [0, 0.05) is 17.6 Å². The molecule has 0 unspecified atom stereocenters. The lowest BCUT2D eigenvalue weighted by Gasteiger charge is -2.11. The van der Waals surface area contributed by atoms with Crippen LogP contribution in [0.25, 0.3) is 0 Å². The van der Waals surface area contributed by atoms with Crippen molar-refractivity contribution in [3.63, 3.8) is 0 Å². The fraction of sp³-hybridized carbons (Fsp3) is 0.294. The molecular weight excluding hydrogens is 330 g/mol. The van der Waals surface area contributed by atoms with Crippen LogP contribution in [0.15, 0.2) is 46.9 Å². The first-order valence-electron chi connectivity index (χ1n) is 6.97. The molecule has 0 aliphatic carbocycles. The second kappa shape index (κ2) is 8.05. The average Bonchev–Trinajstić information content (AvgIpc) is 2.48. The van der Waals surface area contributed by atoms with Crippen LogP contribution >= 0.6 is 15.9 Å². The summed E-state index contributed by atoms with van der Waals surface area (Å²) in [6.07, 6.45) is 0. The molecule has 0 aliphatic heterocycles. The first-order valence-corrected chi connectivity index (χ1v) is 7.77. The minimum atomic E-state index is 0.630. The molecule has 0 heterocycles. The molecule has 1 N–H and O–H groups in total. The van der Waals surface area contributed by atoms with Crippen LogP contribution in [0.1, 0.15) is 18.1 Å². The number of benzene rings is 2. The van der Waals surface area contributed by atoms with Crippen molar-refractivity contribution in [2.24, 2.45) is 0 Å². The monoisotopic (exact) mass is 349 g/mol. The molecule has 0 fully saturated rings. The van der Waals surface area contributed by atoms with E-state index in [2.05, 4.69) is 39.4 Å². The van der Waals surface area contributed by atoms with Gasteiger partial charge in [0.15, 0.2) is 11.5 Å². The second-order valence-corrected chi connectivity index (χ2v) is 5.57. The Hall–Kier alpha value is -1.52. The van der Waals surface area contributed by atoms with E-state index in [0.717, 1.165) is 29.1 Å². The lowest BCUT2D eigenvalue weighted by molar-refractivity contribution is 0.310. The number of hydrogen-bond acceptors (Lipinski definition) is 3. The number of nitrogens with one attached hydrogen (secondary N) is 1. The second-order valence-electron chi connectivity index (χ2n) is 4.65. The average molecular weight is 350 g/mol. The van der Waals surface area contributed by atoms with E-state index in [0.29, 0.717) is 6.61 Å². The zero-order chi connectivity index (χ0) is 15.1. The molecule has 21 heavy (non-hydrogen) atoms. The summed E-state index contributed by atoms with van der Waals surface area (Å²) in [5.41, 5.74) is 2.43. The Balaban J connectivity index is 1.95. The van der Waals surface area contributed by atoms with Crippen molar-refractivity contribution in [1.82, 2.24) is 5.32 Å². The summed E-state index contributed by atoms with van der Waals surface area (Å²) in [6, 6.07) is 14.3. The smallest absolute Gasteiger partial charge is 0.161 e. The summed E-state index contributed by atoms with van der Waals surface area (Å²) < 4.78 is 12.0. The summed E-state index contributed by atoms with van der Waals surface area (Å²) in [7, 11) is 1.66.